The van der Waals surface area contributed by atoms with E-state index in [1.165, 1.54) is 4.88 Å². The average molecular weight is 285 g/mol. The molecule has 0 aliphatic heterocycles. The first-order valence-corrected chi connectivity index (χ1v) is 7.26. The quantitative estimate of drug-likeness (QED) is 0.740. The van der Waals surface area contributed by atoms with Crippen molar-refractivity contribution in [2.45, 2.75) is 20.3 Å². The maximum atomic E-state index is 5.94. The second kappa shape index (κ2) is 5.09. The van der Waals surface area contributed by atoms with Gasteiger partial charge in [0.2, 0.25) is 5.88 Å². The number of rotatable bonds is 3. The summed E-state index contributed by atoms with van der Waals surface area (Å²) in [7, 11) is 0. The number of benzene rings is 1. The van der Waals surface area contributed by atoms with Gasteiger partial charge in [-0.1, -0.05) is 6.92 Å². The van der Waals surface area contributed by atoms with Gasteiger partial charge in [0.25, 0.3) is 0 Å². The summed E-state index contributed by atoms with van der Waals surface area (Å²) >= 11 is 1.68. The molecule has 2 heterocycles. The fourth-order valence-corrected chi connectivity index (χ4v) is 2.96. The molecule has 0 spiro atoms. The highest BCUT2D eigenvalue weighted by Crippen LogP contribution is 2.33. The Morgan fingerprint density at radius 1 is 1.25 bits per heavy atom. The lowest BCUT2D eigenvalue weighted by molar-refractivity contribution is 0.465. The van der Waals surface area contributed by atoms with Crippen LogP contribution >= 0.6 is 11.3 Å². The van der Waals surface area contributed by atoms with Gasteiger partial charge in [-0.25, -0.2) is 9.97 Å². The molecule has 0 saturated heterocycles. The molecule has 3 rings (SSSR count). The van der Waals surface area contributed by atoms with Crippen molar-refractivity contribution in [2.24, 2.45) is 0 Å². The Morgan fingerprint density at radius 3 is 2.85 bits per heavy atom. The number of anilines is 1. The van der Waals surface area contributed by atoms with Crippen LogP contribution in [0.3, 0.4) is 0 Å². The number of fused-ring (bicyclic) bond motifs is 1. The first kappa shape index (κ1) is 12.9. The molecule has 2 aromatic heterocycles. The van der Waals surface area contributed by atoms with Gasteiger partial charge in [-0.15, -0.1) is 11.3 Å². The van der Waals surface area contributed by atoms with Crippen molar-refractivity contribution in [1.29, 1.82) is 0 Å². The highest BCUT2D eigenvalue weighted by Gasteiger charge is 2.11. The molecule has 5 heteroatoms. The van der Waals surface area contributed by atoms with Crippen molar-refractivity contribution in [3.05, 3.63) is 41.0 Å². The summed E-state index contributed by atoms with van der Waals surface area (Å²) in [5.41, 5.74) is 7.47. The molecule has 0 fully saturated rings. The van der Waals surface area contributed by atoms with Crippen molar-refractivity contribution < 1.29 is 4.74 Å². The third-order valence-electron chi connectivity index (χ3n) is 3.10. The summed E-state index contributed by atoms with van der Waals surface area (Å²) in [5.74, 6) is 1.36. The number of thiophene rings is 1. The Morgan fingerprint density at radius 2 is 2.10 bits per heavy atom. The van der Waals surface area contributed by atoms with Crippen LogP contribution in [0.2, 0.25) is 0 Å². The van der Waals surface area contributed by atoms with Gasteiger partial charge in [0.05, 0.1) is 5.39 Å². The zero-order valence-electron chi connectivity index (χ0n) is 11.4. The fraction of sp³-hybridized carbons (Fsp3) is 0.200. The summed E-state index contributed by atoms with van der Waals surface area (Å²) in [5, 5.41) is 0.963. The van der Waals surface area contributed by atoms with Gasteiger partial charge in [0, 0.05) is 10.6 Å². The highest BCUT2D eigenvalue weighted by molar-refractivity contribution is 7.18. The molecule has 0 bridgehead atoms. The number of ether oxygens (including phenoxy) is 1. The molecule has 0 atom stereocenters. The Balaban J connectivity index is 2.03. The van der Waals surface area contributed by atoms with E-state index in [9.17, 15) is 0 Å². The van der Waals surface area contributed by atoms with Crippen LogP contribution in [0.25, 0.3) is 10.2 Å². The van der Waals surface area contributed by atoms with Gasteiger partial charge in [-0.3, -0.25) is 0 Å². The zero-order valence-corrected chi connectivity index (χ0v) is 12.2. The van der Waals surface area contributed by atoms with E-state index in [1.54, 1.807) is 17.7 Å². The molecule has 0 aliphatic rings. The van der Waals surface area contributed by atoms with E-state index >= 15 is 0 Å². The molecule has 1 aromatic carbocycles. The molecule has 0 aliphatic carbocycles. The Labute approximate surface area is 121 Å². The van der Waals surface area contributed by atoms with Gasteiger partial charge in [-0.2, -0.15) is 0 Å². The van der Waals surface area contributed by atoms with Crippen LogP contribution in [-0.4, -0.2) is 9.97 Å². The number of nitrogens with zero attached hydrogens (tertiary/aromatic N) is 2. The predicted octanol–water partition coefficient (Wildman–Crippen LogP) is 3.94. The van der Waals surface area contributed by atoms with Crippen LogP contribution in [0.4, 0.5) is 5.69 Å². The first-order valence-electron chi connectivity index (χ1n) is 6.44. The summed E-state index contributed by atoms with van der Waals surface area (Å²) in [6, 6.07) is 7.68. The lowest BCUT2D eigenvalue weighted by Gasteiger charge is -2.08. The molecule has 0 unspecified atom stereocenters. The SMILES string of the molecule is CCc1cc2c(Oc3ccc(N)cc3C)ncnc2s1. The number of nitrogens with two attached hydrogens (primary N) is 1. The summed E-state index contributed by atoms with van der Waals surface area (Å²) < 4.78 is 5.94. The minimum atomic E-state index is 0.596. The van der Waals surface area contributed by atoms with Crippen LogP contribution in [0.15, 0.2) is 30.6 Å². The second-order valence-corrected chi connectivity index (χ2v) is 5.71. The maximum absolute atomic E-state index is 5.94. The van der Waals surface area contributed by atoms with Gasteiger partial charge < -0.3 is 10.5 Å². The summed E-state index contributed by atoms with van der Waals surface area (Å²) in [4.78, 5) is 10.8. The molecule has 0 radical (unpaired) electrons. The van der Waals surface area contributed by atoms with E-state index in [-0.39, 0.29) is 0 Å². The van der Waals surface area contributed by atoms with Gasteiger partial charge in [-0.05, 0) is 43.2 Å². The van der Waals surface area contributed by atoms with Crippen LogP contribution < -0.4 is 10.5 Å². The minimum absolute atomic E-state index is 0.596. The van der Waals surface area contributed by atoms with E-state index in [1.807, 2.05) is 25.1 Å². The lowest BCUT2D eigenvalue weighted by Crippen LogP contribution is -1.93. The number of aromatic nitrogens is 2. The van der Waals surface area contributed by atoms with E-state index < -0.39 is 0 Å². The Hall–Kier alpha value is -2.14. The van der Waals surface area contributed by atoms with E-state index in [0.29, 0.717) is 5.88 Å². The maximum Gasteiger partial charge on any atom is 0.231 e. The van der Waals surface area contributed by atoms with E-state index in [2.05, 4.69) is 23.0 Å². The monoisotopic (exact) mass is 285 g/mol. The molecule has 20 heavy (non-hydrogen) atoms. The summed E-state index contributed by atoms with van der Waals surface area (Å²) in [6.45, 7) is 4.10. The van der Waals surface area contributed by atoms with Crippen molar-refractivity contribution >= 4 is 27.2 Å². The zero-order chi connectivity index (χ0) is 14.1. The Bertz CT molecular complexity index is 767. The van der Waals surface area contributed by atoms with E-state index in [0.717, 1.165) is 33.6 Å². The van der Waals surface area contributed by atoms with Crippen molar-refractivity contribution in [2.75, 3.05) is 5.73 Å². The van der Waals surface area contributed by atoms with Gasteiger partial charge >= 0.3 is 0 Å². The van der Waals surface area contributed by atoms with Crippen LogP contribution in [0, 0.1) is 6.92 Å². The molecule has 4 nitrogen and oxygen atoms in total. The van der Waals surface area contributed by atoms with Crippen molar-refractivity contribution in [3.8, 4) is 11.6 Å². The normalized spacial score (nSPS) is 10.9. The number of aryl methyl sites for hydroxylation is 2. The van der Waals surface area contributed by atoms with Crippen LogP contribution in [0.1, 0.15) is 17.4 Å². The average Bonchev–Trinajstić information content (AvgIpc) is 2.86. The minimum Gasteiger partial charge on any atom is -0.438 e. The molecule has 102 valence electrons. The van der Waals surface area contributed by atoms with Gasteiger partial charge in [0.1, 0.15) is 16.9 Å². The van der Waals surface area contributed by atoms with Crippen LogP contribution in [0.5, 0.6) is 11.6 Å². The molecule has 3 aromatic rings. The highest BCUT2D eigenvalue weighted by atomic mass is 32.1. The molecular weight excluding hydrogens is 270 g/mol. The summed E-state index contributed by atoms with van der Waals surface area (Å²) in [6.07, 6.45) is 2.53. The fourth-order valence-electron chi connectivity index (χ4n) is 2.03. The number of hydrogen-bond donors (Lipinski definition) is 1. The van der Waals surface area contributed by atoms with E-state index in [4.69, 9.17) is 10.5 Å². The smallest absolute Gasteiger partial charge is 0.231 e. The second-order valence-electron chi connectivity index (χ2n) is 4.59. The number of hydrogen-bond acceptors (Lipinski definition) is 5. The predicted molar refractivity (Wildman–Crippen MR) is 82.5 cm³/mol. The third kappa shape index (κ3) is 2.32. The largest absolute Gasteiger partial charge is 0.438 e. The molecule has 0 amide bonds. The van der Waals surface area contributed by atoms with Crippen molar-refractivity contribution in [3.63, 3.8) is 0 Å². The molecular formula is C15H15N3OS. The number of nitrogen functional groups attached to an aromatic ring is 1. The van der Waals surface area contributed by atoms with Gasteiger partial charge in [0.15, 0.2) is 0 Å². The lowest BCUT2D eigenvalue weighted by atomic mass is 10.2. The standard InChI is InChI=1S/C15H15N3OS/c1-3-11-7-12-14(17-8-18-15(12)20-11)19-13-5-4-10(16)6-9(13)2/h4-8H,3,16H2,1-2H3. The first-order chi connectivity index (χ1) is 9.67. The molecule has 0 saturated carbocycles. The van der Waals surface area contributed by atoms with Crippen molar-refractivity contribution in [1.82, 2.24) is 9.97 Å². The molecule has 2 N–H and O–H groups in total. The topological polar surface area (TPSA) is 61.0 Å². The third-order valence-corrected chi connectivity index (χ3v) is 4.29. The van der Waals surface area contributed by atoms with Crippen LogP contribution in [-0.2, 0) is 6.42 Å². The Kier molecular flexibility index (Phi) is 3.28.